The normalized spacial score (nSPS) is 17.4. The molecule has 25 heavy (non-hydrogen) atoms. The Morgan fingerprint density at radius 3 is 2.68 bits per heavy atom. The molecule has 1 atom stereocenters. The quantitative estimate of drug-likeness (QED) is 0.862. The summed E-state index contributed by atoms with van der Waals surface area (Å²) in [5.41, 5.74) is 1.41. The van der Waals surface area contributed by atoms with Crippen molar-refractivity contribution in [3.8, 4) is 0 Å². The second kappa shape index (κ2) is 7.83. The summed E-state index contributed by atoms with van der Waals surface area (Å²) >= 11 is 6.10. The summed E-state index contributed by atoms with van der Waals surface area (Å²) in [6, 6.07) is 8.29. The van der Waals surface area contributed by atoms with Crippen LogP contribution in [-0.2, 0) is 14.8 Å². The first kappa shape index (κ1) is 18.3. The van der Waals surface area contributed by atoms with Gasteiger partial charge in [-0.3, -0.25) is 4.98 Å². The van der Waals surface area contributed by atoms with E-state index in [4.69, 9.17) is 16.3 Å². The van der Waals surface area contributed by atoms with E-state index in [9.17, 15) is 8.42 Å². The van der Waals surface area contributed by atoms with Gasteiger partial charge in [-0.25, -0.2) is 13.1 Å². The van der Waals surface area contributed by atoms with E-state index in [1.54, 1.807) is 37.5 Å². The average molecular weight is 381 g/mol. The molecule has 1 fully saturated rings. The van der Waals surface area contributed by atoms with Crippen LogP contribution in [0, 0.1) is 12.8 Å². The Labute approximate surface area is 153 Å². The number of pyridine rings is 1. The van der Waals surface area contributed by atoms with Gasteiger partial charge in [-0.05, 0) is 55.0 Å². The minimum absolute atomic E-state index is 0.159. The van der Waals surface area contributed by atoms with Crippen LogP contribution in [-0.4, -0.2) is 26.6 Å². The number of hydrogen-bond acceptors (Lipinski definition) is 4. The number of ether oxygens (including phenoxy) is 1. The number of nitrogens with zero attached hydrogens (tertiary/aromatic N) is 1. The molecule has 0 unspecified atom stereocenters. The highest BCUT2D eigenvalue weighted by atomic mass is 35.5. The van der Waals surface area contributed by atoms with Gasteiger partial charge in [0.25, 0.3) is 0 Å². The van der Waals surface area contributed by atoms with Crippen LogP contribution < -0.4 is 4.72 Å². The molecular formula is C18H21ClN2O3S. The summed E-state index contributed by atoms with van der Waals surface area (Å²) in [5, 5.41) is 0.437. The number of halogens is 1. The molecule has 0 radical (unpaired) electrons. The predicted molar refractivity (Wildman–Crippen MR) is 97.0 cm³/mol. The molecule has 0 saturated carbocycles. The second-order valence-corrected chi connectivity index (χ2v) is 8.29. The second-order valence-electron chi connectivity index (χ2n) is 6.20. The summed E-state index contributed by atoms with van der Waals surface area (Å²) in [6.07, 6.45) is 5.00. The van der Waals surface area contributed by atoms with Gasteiger partial charge in [0, 0.05) is 30.6 Å². The minimum Gasteiger partial charge on any atom is -0.381 e. The topological polar surface area (TPSA) is 68.3 Å². The van der Waals surface area contributed by atoms with E-state index in [1.807, 2.05) is 12.1 Å². The summed E-state index contributed by atoms with van der Waals surface area (Å²) in [4.78, 5) is 4.36. The molecule has 1 aromatic heterocycles. The van der Waals surface area contributed by atoms with Gasteiger partial charge in [0.2, 0.25) is 10.0 Å². The summed E-state index contributed by atoms with van der Waals surface area (Å²) in [5.74, 6) is 0.159. The largest absolute Gasteiger partial charge is 0.381 e. The van der Waals surface area contributed by atoms with Gasteiger partial charge in [0.05, 0.1) is 10.9 Å². The molecular weight excluding hydrogens is 360 g/mol. The van der Waals surface area contributed by atoms with Crippen LogP contribution in [0.15, 0.2) is 47.6 Å². The van der Waals surface area contributed by atoms with Crippen LogP contribution in [0.4, 0.5) is 0 Å². The van der Waals surface area contributed by atoms with E-state index < -0.39 is 10.0 Å². The number of nitrogens with one attached hydrogen (secondary N) is 1. The van der Waals surface area contributed by atoms with Crippen molar-refractivity contribution in [2.24, 2.45) is 5.92 Å². The van der Waals surface area contributed by atoms with Crippen molar-refractivity contribution in [1.29, 1.82) is 0 Å². The van der Waals surface area contributed by atoms with Crippen molar-refractivity contribution in [2.75, 3.05) is 13.2 Å². The van der Waals surface area contributed by atoms with Gasteiger partial charge in [-0.1, -0.05) is 23.7 Å². The summed E-state index contributed by atoms with van der Waals surface area (Å²) in [6.45, 7) is 2.99. The first-order valence-electron chi connectivity index (χ1n) is 8.24. The van der Waals surface area contributed by atoms with E-state index in [0.29, 0.717) is 23.8 Å². The highest BCUT2D eigenvalue weighted by Crippen LogP contribution is 2.32. The van der Waals surface area contributed by atoms with Crippen molar-refractivity contribution in [1.82, 2.24) is 9.71 Å². The lowest BCUT2D eigenvalue weighted by molar-refractivity contribution is 0.0564. The molecule has 1 aliphatic heterocycles. The summed E-state index contributed by atoms with van der Waals surface area (Å²) < 4.78 is 34.3. The third kappa shape index (κ3) is 4.20. The summed E-state index contributed by atoms with van der Waals surface area (Å²) in [7, 11) is -3.71. The van der Waals surface area contributed by atoms with E-state index in [2.05, 4.69) is 9.71 Å². The van der Waals surface area contributed by atoms with Crippen molar-refractivity contribution < 1.29 is 13.2 Å². The maximum absolute atomic E-state index is 13.0. The van der Waals surface area contributed by atoms with Crippen molar-refractivity contribution in [2.45, 2.75) is 30.7 Å². The van der Waals surface area contributed by atoms with E-state index in [0.717, 1.165) is 18.4 Å². The SMILES string of the molecule is Cc1c(Cl)cccc1S(=O)(=O)N[C@@H](c1cccnc1)C1CCOCC1. The predicted octanol–water partition coefficient (Wildman–Crippen LogP) is 3.49. The van der Waals surface area contributed by atoms with E-state index in [1.165, 1.54) is 0 Å². The molecule has 0 bridgehead atoms. The Bertz CT molecular complexity index is 821. The fourth-order valence-corrected chi connectivity index (χ4v) is 4.95. The first-order valence-corrected chi connectivity index (χ1v) is 10.1. The van der Waals surface area contributed by atoms with Crippen molar-refractivity contribution in [3.63, 3.8) is 0 Å². The monoisotopic (exact) mass is 380 g/mol. The Kier molecular flexibility index (Phi) is 5.74. The zero-order chi connectivity index (χ0) is 17.9. The van der Waals surface area contributed by atoms with Crippen molar-refractivity contribution in [3.05, 3.63) is 58.9 Å². The molecule has 1 aliphatic rings. The highest BCUT2D eigenvalue weighted by molar-refractivity contribution is 7.89. The number of sulfonamides is 1. The van der Waals surface area contributed by atoms with Crippen LogP contribution in [0.25, 0.3) is 0 Å². The molecule has 1 N–H and O–H groups in total. The maximum Gasteiger partial charge on any atom is 0.241 e. The molecule has 1 saturated heterocycles. The molecule has 2 heterocycles. The molecule has 134 valence electrons. The third-order valence-corrected chi connectivity index (χ3v) is 6.57. The van der Waals surface area contributed by atoms with Crippen LogP contribution in [0.3, 0.4) is 0 Å². The molecule has 0 amide bonds. The minimum atomic E-state index is -3.71. The van der Waals surface area contributed by atoms with E-state index >= 15 is 0 Å². The van der Waals surface area contributed by atoms with Crippen LogP contribution >= 0.6 is 11.6 Å². The third-order valence-electron chi connectivity index (χ3n) is 4.57. The van der Waals surface area contributed by atoms with Crippen LogP contribution in [0.5, 0.6) is 0 Å². The van der Waals surface area contributed by atoms with Gasteiger partial charge in [0.1, 0.15) is 0 Å². The fraction of sp³-hybridized carbons (Fsp3) is 0.389. The molecule has 3 rings (SSSR count). The van der Waals surface area contributed by atoms with Gasteiger partial charge >= 0.3 is 0 Å². The Morgan fingerprint density at radius 2 is 2.00 bits per heavy atom. The molecule has 2 aromatic rings. The fourth-order valence-electron chi connectivity index (χ4n) is 3.15. The van der Waals surface area contributed by atoms with Gasteiger partial charge < -0.3 is 4.74 Å². The maximum atomic E-state index is 13.0. The van der Waals surface area contributed by atoms with Crippen LogP contribution in [0.2, 0.25) is 5.02 Å². The molecule has 0 aliphatic carbocycles. The molecule has 1 aromatic carbocycles. The Balaban J connectivity index is 1.95. The Morgan fingerprint density at radius 1 is 1.24 bits per heavy atom. The molecule has 7 heteroatoms. The standard InChI is InChI=1S/C18H21ClN2O3S/c1-13-16(19)5-2-6-17(13)25(22,23)21-18(14-7-10-24-11-8-14)15-4-3-9-20-12-15/h2-6,9,12,14,18,21H,7-8,10-11H2,1H3/t18-/m1/s1. The number of hydrogen-bond donors (Lipinski definition) is 1. The zero-order valence-electron chi connectivity index (χ0n) is 14.0. The highest BCUT2D eigenvalue weighted by Gasteiger charge is 2.30. The number of benzene rings is 1. The van der Waals surface area contributed by atoms with Gasteiger partial charge in [-0.2, -0.15) is 0 Å². The zero-order valence-corrected chi connectivity index (χ0v) is 15.6. The Hall–Kier alpha value is -1.47. The first-order chi connectivity index (χ1) is 12.0. The van der Waals surface area contributed by atoms with Crippen molar-refractivity contribution >= 4 is 21.6 Å². The lowest BCUT2D eigenvalue weighted by atomic mass is 9.88. The lowest BCUT2D eigenvalue weighted by Crippen LogP contribution is -2.36. The number of rotatable bonds is 5. The smallest absolute Gasteiger partial charge is 0.241 e. The van der Waals surface area contributed by atoms with Crippen LogP contribution in [0.1, 0.15) is 30.0 Å². The lowest BCUT2D eigenvalue weighted by Gasteiger charge is -2.31. The van der Waals surface area contributed by atoms with Gasteiger partial charge in [-0.15, -0.1) is 0 Å². The van der Waals surface area contributed by atoms with E-state index in [-0.39, 0.29) is 16.9 Å². The van der Waals surface area contributed by atoms with Gasteiger partial charge in [0.15, 0.2) is 0 Å². The average Bonchev–Trinajstić information content (AvgIpc) is 2.63. The number of aromatic nitrogens is 1. The molecule has 5 nitrogen and oxygen atoms in total. The molecule has 0 spiro atoms.